The summed E-state index contributed by atoms with van der Waals surface area (Å²) in [5.74, 6) is -0.767. The molecule has 2 N–H and O–H groups in total. The quantitative estimate of drug-likeness (QED) is 0.679. The molecule has 0 amide bonds. The van der Waals surface area contributed by atoms with E-state index in [9.17, 15) is 17.2 Å². The third-order valence-electron chi connectivity index (χ3n) is 4.52. The number of H-pyrrole nitrogens is 1. The van der Waals surface area contributed by atoms with Crippen LogP contribution in [0.15, 0.2) is 53.6 Å². The van der Waals surface area contributed by atoms with E-state index < -0.39 is 32.6 Å². The van der Waals surface area contributed by atoms with Gasteiger partial charge in [-0.15, -0.1) is 0 Å². The first-order chi connectivity index (χ1) is 13.4. The fourth-order valence-electron chi connectivity index (χ4n) is 3.29. The Morgan fingerprint density at radius 1 is 1.11 bits per heavy atom. The molecule has 0 saturated carbocycles. The number of rotatable bonds is 5. The zero-order valence-corrected chi connectivity index (χ0v) is 15.5. The van der Waals surface area contributed by atoms with Crippen molar-refractivity contribution in [2.24, 2.45) is 0 Å². The van der Waals surface area contributed by atoms with Gasteiger partial charge in [0.25, 0.3) is 0 Å². The number of pyridine rings is 1. The van der Waals surface area contributed by atoms with Crippen LogP contribution in [0.25, 0.3) is 0 Å². The number of hydrogen-bond donors (Lipinski definition) is 2. The third-order valence-corrected chi connectivity index (χ3v) is 6.41. The summed E-state index contributed by atoms with van der Waals surface area (Å²) in [6, 6.07) is 8.90. The monoisotopic (exact) mass is 405 g/mol. The molecule has 0 radical (unpaired) electrons. The largest absolute Gasteiger partial charge is 0.323 e. The van der Waals surface area contributed by atoms with Gasteiger partial charge in [0.15, 0.2) is 5.82 Å². The van der Waals surface area contributed by atoms with Crippen molar-refractivity contribution in [3.8, 4) is 0 Å². The van der Waals surface area contributed by atoms with Gasteiger partial charge in [-0.1, -0.05) is 6.07 Å². The number of hydrogen-bond acceptors (Lipinski definition) is 5. The lowest BCUT2D eigenvalue weighted by Gasteiger charge is -2.23. The maximum Gasteiger partial charge on any atom is 0.243 e. The number of benzene rings is 1. The standard InChI is InChI=1S/C18H17F2N5O2S/c19-12-8-13(20)10-14(9-12)28(26,27)25-7-3-4-16(25)15-11-18(24-23-15)22-17-5-1-2-6-21-17/h1-2,5-6,8-11,16H,3-4,7H2,(H2,21,22,23,24)/t16-/m1/s1. The SMILES string of the molecule is O=S(=O)(c1cc(F)cc(F)c1)N1CCC[C@@H]1c1cc(Nc2ccccn2)n[nH]1. The Kier molecular flexibility index (Phi) is 4.82. The molecule has 2 aromatic heterocycles. The summed E-state index contributed by atoms with van der Waals surface area (Å²) in [6.45, 7) is 0.257. The summed E-state index contributed by atoms with van der Waals surface area (Å²) in [5.41, 5.74) is 0.594. The van der Waals surface area contributed by atoms with Crippen molar-refractivity contribution in [3.05, 3.63) is 66.0 Å². The molecule has 1 saturated heterocycles. The van der Waals surface area contributed by atoms with Crippen LogP contribution < -0.4 is 5.32 Å². The summed E-state index contributed by atoms with van der Waals surface area (Å²) in [4.78, 5) is 3.75. The van der Waals surface area contributed by atoms with E-state index >= 15 is 0 Å². The summed E-state index contributed by atoms with van der Waals surface area (Å²) in [7, 11) is -4.06. The summed E-state index contributed by atoms with van der Waals surface area (Å²) in [5, 5.41) is 10.0. The zero-order chi connectivity index (χ0) is 19.7. The van der Waals surface area contributed by atoms with E-state index in [1.807, 2.05) is 6.07 Å². The van der Waals surface area contributed by atoms with E-state index in [1.54, 1.807) is 24.4 Å². The second-order valence-electron chi connectivity index (χ2n) is 6.43. The maximum absolute atomic E-state index is 13.5. The van der Waals surface area contributed by atoms with Gasteiger partial charge in [-0.05, 0) is 37.1 Å². The van der Waals surface area contributed by atoms with Crippen molar-refractivity contribution < 1.29 is 17.2 Å². The van der Waals surface area contributed by atoms with E-state index in [0.29, 0.717) is 36.2 Å². The number of aromatic amines is 1. The Morgan fingerprint density at radius 2 is 1.89 bits per heavy atom. The molecule has 1 aliphatic heterocycles. The smallest absolute Gasteiger partial charge is 0.243 e. The number of aromatic nitrogens is 3. The highest BCUT2D eigenvalue weighted by Gasteiger charge is 2.37. The Bertz CT molecular complexity index is 1070. The average molecular weight is 405 g/mol. The minimum Gasteiger partial charge on any atom is -0.323 e. The molecule has 1 atom stereocenters. The van der Waals surface area contributed by atoms with Crippen molar-refractivity contribution in [2.45, 2.75) is 23.8 Å². The molecule has 4 rings (SSSR count). The minimum atomic E-state index is -4.06. The molecule has 28 heavy (non-hydrogen) atoms. The maximum atomic E-state index is 13.5. The Hall–Kier alpha value is -2.85. The molecular weight excluding hydrogens is 388 g/mol. The van der Waals surface area contributed by atoms with Gasteiger partial charge in [-0.25, -0.2) is 22.2 Å². The van der Waals surface area contributed by atoms with Crippen LogP contribution in [-0.2, 0) is 10.0 Å². The number of halogens is 2. The van der Waals surface area contributed by atoms with Crippen LogP contribution in [-0.4, -0.2) is 34.4 Å². The van der Waals surface area contributed by atoms with E-state index in [4.69, 9.17) is 0 Å². The number of nitrogens with zero attached hydrogens (tertiary/aromatic N) is 3. The van der Waals surface area contributed by atoms with E-state index in [-0.39, 0.29) is 6.54 Å². The number of nitrogens with one attached hydrogen (secondary N) is 2. The summed E-state index contributed by atoms with van der Waals surface area (Å²) >= 11 is 0. The Balaban J connectivity index is 1.60. The highest BCUT2D eigenvalue weighted by molar-refractivity contribution is 7.89. The molecule has 3 aromatic rings. The van der Waals surface area contributed by atoms with Crippen LogP contribution in [0.3, 0.4) is 0 Å². The number of sulfonamides is 1. The molecular formula is C18H17F2N5O2S. The highest BCUT2D eigenvalue weighted by Crippen LogP contribution is 2.36. The molecule has 3 heterocycles. The molecule has 146 valence electrons. The minimum absolute atomic E-state index is 0.257. The van der Waals surface area contributed by atoms with Crippen LogP contribution >= 0.6 is 0 Å². The molecule has 10 heteroatoms. The van der Waals surface area contributed by atoms with E-state index in [2.05, 4.69) is 20.5 Å². The Labute approximate surface area is 160 Å². The summed E-state index contributed by atoms with van der Waals surface area (Å²) < 4.78 is 54.2. The molecule has 1 aliphatic rings. The third kappa shape index (κ3) is 3.60. The fourth-order valence-corrected chi connectivity index (χ4v) is 5.01. The molecule has 7 nitrogen and oxygen atoms in total. The fraction of sp³-hybridized carbons (Fsp3) is 0.222. The molecule has 0 unspecified atom stereocenters. The average Bonchev–Trinajstić information content (AvgIpc) is 3.31. The van der Waals surface area contributed by atoms with E-state index in [1.165, 1.54) is 4.31 Å². The van der Waals surface area contributed by atoms with Crippen LogP contribution in [0, 0.1) is 11.6 Å². The van der Waals surface area contributed by atoms with Crippen molar-refractivity contribution >= 4 is 21.7 Å². The lowest BCUT2D eigenvalue weighted by Crippen LogP contribution is -2.31. The molecule has 0 spiro atoms. The van der Waals surface area contributed by atoms with Crippen molar-refractivity contribution in [1.82, 2.24) is 19.5 Å². The van der Waals surface area contributed by atoms with Gasteiger partial charge in [0.05, 0.1) is 16.6 Å². The van der Waals surface area contributed by atoms with Crippen molar-refractivity contribution in [1.29, 1.82) is 0 Å². The van der Waals surface area contributed by atoms with Crippen LogP contribution in [0.4, 0.5) is 20.4 Å². The van der Waals surface area contributed by atoms with Gasteiger partial charge in [-0.3, -0.25) is 5.10 Å². The van der Waals surface area contributed by atoms with Crippen molar-refractivity contribution in [3.63, 3.8) is 0 Å². The zero-order valence-electron chi connectivity index (χ0n) is 14.6. The molecule has 0 bridgehead atoms. The lowest BCUT2D eigenvalue weighted by atomic mass is 10.2. The first-order valence-electron chi connectivity index (χ1n) is 8.65. The predicted molar refractivity (Wildman–Crippen MR) is 98.3 cm³/mol. The van der Waals surface area contributed by atoms with Crippen molar-refractivity contribution in [2.75, 3.05) is 11.9 Å². The topological polar surface area (TPSA) is 91.0 Å². The van der Waals surface area contributed by atoms with Crippen LogP contribution in [0.2, 0.25) is 0 Å². The lowest BCUT2D eigenvalue weighted by molar-refractivity contribution is 0.389. The molecule has 0 aliphatic carbocycles. The van der Waals surface area contributed by atoms with Gasteiger partial charge < -0.3 is 5.32 Å². The van der Waals surface area contributed by atoms with Gasteiger partial charge in [0.1, 0.15) is 17.5 Å². The normalized spacial score (nSPS) is 17.7. The van der Waals surface area contributed by atoms with Crippen LogP contribution in [0.5, 0.6) is 0 Å². The molecule has 1 fully saturated rings. The van der Waals surface area contributed by atoms with Gasteiger partial charge >= 0.3 is 0 Å². The second-order valence-corrected chi connectivity index (χ2v) is 8.32. The summed E-state index contributed by atoms with van der Waals surface area (Å²) in [6.07, 6.45) is 2.84. The predicted octanol–water partition coefficient (Wildman–Crippen LogP) is 3.35. The Morgan fingerprint density at radius 3 is 2.61 bits per heavy atom. The first-order valence-corrected chi connectivity index (χ1v) is 10.1. The van der Waals surface area contributed by atoms with Gasteiger partial charge in [-0.2, -0.15) is 9.40 Å². The van der Waals surface area contributed by atoms with Gasteiger partial charge in [0.2, 0.25) is 10.0 Å². The van der Waals surface area contributed by atoms with E-state index in [0.717, 1.165) is 12.1 Å². The first kappa shape index (κ1) is 18.5. The van der Waals surface area contributed by atoms with Crippen LogP contribution in [0.1, 0.15) is 24.6 Å². The van der Waals surface area contributed by atoms with Gasteiger partial charge in [0, 0.05) is 24.9 Å². The molecule has 1 aromatic carbocycles. The second kappa shape index (κ2) is 7.28. The number of anilines is 2. The highest BCUT2D eigenvalue weighted by atomic mass is 32.2.